The minimum atomic E-state index is -3.43. The van der Waals surface area contributed by atoms with Crippen molar-refractivity contribution in [3.05, 3.63) is 71.3 Å². The first-order valence-corrected chi connectivity index (χ1v) is 10.6. The number of morpholine rings is 1. The van der Waals surface area contributed by atoms with E-state index in [4.69, 9.17) is 4.74 Å². The van der Waals surface area contributed by atoms with Crippen molar-refractivity contribution in [2.75, 3.05) is 13.2 Å². The monoisotopic (exact) mass is 373 g/mol. The highest BCUT2D eigenvalue weighted by Crippen LogP contribution is 2.28. The molecular formula is C21H27NO3S. The van der Waals surface area contributed by atoms with E-state index in [0.29, 0.717) is 19.6 Å². The molecule has 1 unspecified atom stereocenters. The molecule has 0 radical (unpaired) electrons. The number of aryl methyl sites for hydroxylation is 1. The molecule has 26 heavy (non-hydrogen) atoms. The largest absolute Gasteiger partial charge is 0.375 e. The van der Waals surface area contributed by atoms with Gasteiger partial charge in [0.2, 0.25) is 10.0 Å². The Hall–Kier alpha value is -1.69. The molecule has 5 heteroatoms. The van der Waals surface area contributed by atoms with Crippen molar-refractivity contribution in [3.8, 4) is 0 Å². The second kappa shape index (κ2) is 7.51. The Kier molecular flexibility index (Phi) is 5.51. The highest BCUT2D eigenvalue weighted by molar-refractivity contribution is 7.88. The van der Waals surface area contributed by atoms with Crippen molar-refractivity contribution in [2.24, 2.45) is 0 Å². The molecule has 0 spiro atoms. The van der Waals surface area contributed by atoms with Crippen LogP contribution in [0, 0.1) is 6.92 Å². The quantitative estimate of drug-likeness (QED) is 0.805. The second-order valence-electron chi connectivity index (χ2n) is 7.71. The molecule has 0 aliphatic carbocycles. The molecule has 1 fully saturated rings. The Morgan fingerprint density at radius 2 is 1.77 bits per heavy atom. The minimum Gasteiger partial charge on any atom is -0.375 e. The zero-order chi connectivity index (χ0) is 18.8. The minimum absolute atomic E-state index is 0.0240. The van der Waals surface area contributed by atoms with E-state index in [-0.39, 0.29) is 11.9 Å². The average molecular weight is 374 g/mol. The van der Waals surface area contributed by atoms with Crippen LogP contribution < -0.4 is 0 Å². The fourth-order valence-corrected chi connectivity index (χ4v) is 5.42. The van der Waals surface area contributed by atoms with Crippen LogP contribution in [0.2, 0.25) is 0 Å². The van der Waals surface area contributed by atoms with Crippen molar-refractivity contribution in [1.82, 2.24) is 4.31 Å². The van der Waals surface area contributed by atoms with E-state index in [9.17, 15) is 8.42 Å². The fraction of sp³-hybridized carbons (Fsp3) is 0.429. The van der Waals surface area contributed by atoms with Crippen LogP contribution in [0.1, 0.15) is 30.5 Å². The molecule has 0 bridgehead atoms. The number of hydrogen-bond acceptors (Lipinski definition) is 3. The maximum atomic E-state index is 13.2. The standard InChI is InChI=1S/C21H27NO3S/c1-17-8-7-11-19(12-17)15-26(23,24)22-14-20(25-16-21(22,2)3)13-18-9-5-4-6-10-18/h4-12,20H,13-16H2,1-3H3. The average Bonchev–Trinajstić information content (AvgIpc) is 2.57. The molecule has 3 rings (SSSR count). The summed E-state index contributed by atoms with van der Waals surface area (Å²) >= 11 is 0. The van der Waals surface area contributed by atoms with Crippen LogP contribution in [0.15, 0.2) is 54.6 Å². The van der Waals surface area contributed by atoms with Gasteiger partial charge in [-0.2, -0.15) is 4.31 Å². The Bertz CT molecular complexity index is 847. The van der Waals surface area contributed by atoms with Crippen LogP contribution in [0.4, 0.5) is 0 Å². The Labute approximate surface area is 156 Å². The number of rotatable bonds is 5. The zero-order valence-electron chi connectivity index (χ0n) is 15.7. The van der Waals surface area contributed by atoms with Gasteiger partial charge in [0, 0.05) is 6.54 Å². The van der Waals surface area contributed by atoms with E-state index in [1.54, 1.807) is 4.31 Å². The summed E-state index contributed by atoms with van der Waals surface area (Å²) in [6.07, 6.45) is 0.589. The predicted octanol–water partition coefficient (Wildman–Crippen LogP) is 3.55. The number of sulfonamides is 1. The zero-order valence-corrected chi connectivity index (χ0v) is 16.5. The van der Waals surface area contributed by atoms with Gasteiger partial charge in [-0.3, -0.25) is 0 Å². The molecule has 4 nitrogen and oxygen atoms in total. The molecule has 2 aromatic rings. The lowest BCUT2D eigenvalue weighted by molar-refractivity contribution is -0.0629. The molecule has 1 heterocycles. The molecule has 0 amide bonds. The number of ether oxygens (including phenoxy) is 1. The van der Waals surface area contributed by atoms with Gasteiger partial charge in [-0.05, 0) is 38.3 Å². The van der Waals surface area contributed by atoms with Crippen LogP contribution in [0.25, 0.3) is 0 Å². The summed E-state index contributed by atoms with van der Waals surface area (Å²) < 4.78 is 33.9. The van der Waals surface area contributed by atoms with E-state index in [1.807, 2.05) is 63.2 Å². The molecule has 2 aromatic carbocycles. The highest BCUT2D eigenvalue weighted by atomic mass is 32.2. The summed E-state index contributed by atoms with van der Waals surface area (Å²) in [6.45, 7) is 6.62. The van der Waals surface area contributed by atoms with Gasteiger partial charge in [-0.1, -0.05) is 60.2 Å². The number of hydrogen-bond donors (Lipinski definition) is 0. The normalized spacial score (nSPS) is 20.8. The van der Waals surface area contributed by atoms with Gasteiger partial charge in [0.25, 0.3) is 0 Å². The smallest absolute Gasteiger partial charge is 0.218 e. The number of benzene rings is 2. The summed E-state index contributed by atoms with van der Waals surface area (Å²) in [5.41, 5.74) is 2.51. The molecule has 1 aliphatic heterocycles. The highest BCUT2D eigenvalue weighted by Gasteiger charge is 2.42. The summed E-state index contributed by atoms with van der Waals surface area (Å²) in [4.78, 5) is 0. The van der Waals surface area contributed by atoms with Crippen LogP contribution >= 0.6 is 0 Å². The molecule has 1 aliphatic rings. The van der Waals surface area contributed by atoms with Gasteiger partial charge >= 0.3 is 0 Å². The van der Waals surface area contributed by atoms with E-state index >= 15 is 0 Å². The van der Waals surface area contributed by atoms with Crippen molar-refractivity contribution in [2.45, 2.75) is 44.6 Å². The first-order valence-electron chi connectivity index (χ1n) is 8.98. The van der Waals surface area contributed by atoms with Crippen molar-refractivity contribution >= 4 is 10.0 Å². The SMILES string of the molecule is Cc1cccc(CS(=O)(=O)N2CC(Cc3ccccc3)OCC2(C)C)c1. The van der Waals surface area contributed by atoms with Gasteiger partial charge in [0.05, 0.1) is 24.0 Å². The lowest BCUT2D eigenvalue weighted by Gasteiger charge is -2.44. The van der Waals surface area contributed by atoms with Gasteiger partial charge in [0.15, 0.2) is 0 Å². The van der Waals surface area contributed by atoms with Crippen LogP contribution in [-0.4, -0.2) is 37.5 Å². The third-order valence-electron chi connectivity index (χ3n) is 4.79. The third kappa shape index (κ3) is 4.53. The Balaban J connectivity index is 1.78. The fourth-order valence-electron chi connectivity index (χ4n) is 3.46. The van der Waals surface area contributed by atoms with Gasteiger partial charge in [0.1, 0.15) is 0 Å². The van der Waals surface area contributed by atoms with Gasteiger partial charge in [-0.25, -0.2) is 8.42 Å². The maximum absolute atomic E-state index is 13.2. The second-order valence-corrected chi connectivity index (χ2v) is 9.60. The predicted molar refractivity (Wildman–Crippen MR) is 104 cm³/mol. The van der Waals surface area contributed by atoms with Crippen molar-refractivity contribution < 1.29 is 13.2 Å². The summed E-state index contributed by atoms with van der Waals surface area (Å²) in [5, 5.41) is 0. The first-order chi connectivity index (χ1) is 12.3. The molecule has 0 N–H and O–H groups in total. The molecule has 0 saturated carbocycles. The van der Waals surface area contributed by atoms with Crippen molar-refractivity contribution in [3.63, 3.8) is 0 Å². The van der Waals surface area contributed by atoms with E-state index in [0.717, 1.165) is 16.7 Å². The van der Waals surface area contributed by atoms with Crippen LogP contribution in [0.5, 0.6) is 0 Å². The Morgan fingerprint density at radius 3 is 2.46 bits per heavy atom. The van der Waals surface area contributed by atoms with Gasteiger partial charge in [-0.15, -0.1) is 0 Å². The maximum Gasteiger partial charge on any atom is 0.218 e. The lowest BCUT2D eigenvalue weighted by atomic mass is 10.0. The molecule has 1 saturated heterocycles. The summed E-state index contributed by atoms with van der Waals surface area (Å²) in [7, 11) is -3.43. The summed E-state index contributed by atoms with van der Waals surface area (Å²) in [5.74, 6) is 0.0240. The van der Waals surface area contributed by atoms with Crippen LogP contribution in [0.3, 0.4) is 0 Å². The van der Waals surface area contributed by atoms with Crippen molar-refractivity contribution in [1.29, 1.82) is 0 Å². The van der Waals surface area contributed by atoms with E-state index in [2.05, 4.69) is 12.1 Å². The number of nitrogens with zero attached hydrogens (tertiary/aromatic N) is 1. The molecule has 0 aromatic heterocycles. The molecular weight excluding hydrogens is 346 g/mol. The van der Waals surface area contributed by atoms with E-state index < -0.39 is 15.6 Å². The molecule has 1 atom stereocenters. The van der Waals surface area contributed by atoms with Crippen LogP contribution in [-0.2, 0) is 26.9 Å². The first kappa shape index (κ1) is 19.1. The summed E-state index contributed by atoms with van der Waals surface area (Å²) in [6, 6.07) is 17.8. The van der Waals surface area contributed by atoms with E-state index in [1.165, 1.54) is 0 Å². The molecule has 140 valence electrons. The topological polar surface area (TPSA) is 46.6 Å². The lowest BCUT2D eigenvalue weighted by Crippen LogP contribution is -2.58. The third-order valence-corrected chi connectivity index (χ3v) is 6.80. The Morgan fingerprint density at radius 1 is 1.08 bits per heavy atom. The van der Waals surface area contributed by atoms with Gasteiger partial charge < -0.3 is 4.74 Å².